The van der Waals surface area contributed by atoms with Crippen molar-refractivity contribution in [1.82, 2.24) is 0 Å². The second-order valence-corrected chi connectivity index (χ2v) is 20.9. The van der Waals surface area contributed by atoms with Crippen molar-refractivity contribution in [3.63, 3.8) is 0 Å². The van der Waals surface area contributed by atoms with Crippen molar-refractivity contribution in [3.8, 4) is 0 Å². The summed E-state index contributed by atoms with van der Waals surface area (Å²) in [6.45, 7) is 6.30. The zero-order valence-electron chi connectivity index (χ0n) is 51.1. The minimum atomic E-state index is -0.803. The molecule has 0 aromatic carbocycles. The van der Waals surface area contributed by atoms with Crippen LogP contribution in [0.2, 0.25) is 0 Å². The Morgan fingerprint density at radius 2 is 0.494 bits per heavy atom. The van der Waals surface area contributed by atoms with Crippen LogP contribution in [0.25, 0.3) is 0 Å². The van der Waals surface area contributed by atoms with Gasteiger partial charge in [-0.2, -0.15) is 0 Å². The molecule has 1 unspecified atom stereocenters. The van der Waals surface area contributed by atoms with Crippen molar-refractivity contribution in [3.05, 3.63) is 146 Å². The number of hydrogen-bond donors (Lipinski definition) is 0. The fourth-order valence-corrected chi connectivity index (χ4v) is 8.57. The highest BCUT2D eigenvalue weighted by molar-refractivity contribution is 5.71. The van der Waals surface area contributed by atoms with Crippen LogP contribution in [0.15, 0.2) is 146 Å². The van der Waals surface area contributed by atoms with Crippen molar-refractivity contribution < 1.29 is 28.6 Å². The van der Waals surface area contributed by atoms with E-state index in [0.29, 0.717) is 19.3 Å². The molecule has 0 aromatic rings. The Bertz CT molecular complexity index is 1730. The van der Waals surface area contributed by atoms with Gasteiger partial charge in [0.15, 0.2) is 6.10 Å². The van der Waals surface area contributed by atoms with Crippen LogP contribution in [0.4, 0.5) is 0 Å². The average molecular weight is 1090 g/mol. The molecule has 0 fully saturated rings. The van der Waals surface area contributed by atoms with E-state index < -0.39 is 6.10 Å². The number of allylic oxidation sites excluding steroid dienone is 24. The second kappa shape index (κ2) is 65.8. The lowest BCUT2D eigenvalue weighted by atomic mass is 10.0. The topological polar surface area (TPSA) is 78.9 Å². The normalized spacial score (nSPS) is 13.1. The lowest BCUT2D eigenvalue weighted by Crippen LogP contribution is -2.30. The summed E-state index contributed by atoms with van der Waals surface area (Å²) < 4.78 is 16.7. The van der Waals surface area contributed by atoms with Crippen molar-refractivity contribution in [1.29, 1.82) is 0 Å². The Morgan fingerprint density at radius 1 is 0.266 bits per heavy atom. The number of unbranched alkanes of at least 4 members (excludes halogenated alkanes) is 22. The molecule has 0 aliphatic carbocycles. The van der Waals surface area contributed by atoms with E-state index in [4.69, 9.17) is 14.2 Å². The lowest BCUT2D eigenvalue weighted by Gasteiger charge is -2.18. The molecule has 0 N–H and O–H groups in total. The van der Waals surface area contributed by atoms with Crippen LogP contribution in [0.3, 0.4) is 0 Å². The molecule has 6 heteroatoms. The number of esters is 3. The number of ether oxygens (including phenoxy) is 3. The maximum atomic E-state index is 12.8. The highest BCUT2D eigenvalue weighted by Gasteiger charge is 2.19. The SMILES string of the molecule is CC/C=C\C/C=C\C/C=C\C/C=C\C/C=C\C/C=C\C/C=C\C/C=C\CCCCC(=O)OC(COC(=O)CCCCCCC)COC(=O)CCCCCCCCCCCCCCCCCC/C=C\C/C=C\C/C=C\C/C=C\CC. The Hall–Kier alpha value is -4.71. The van der Waals surface area contributed by atoms with Gasteiger partial charge in [-0.1, -0.05) is 282 Å². The first kappa shape index (κ1) is 74.3. The summed E-state index contributed by atoms with van der Waals surface area (Å²) in [4.78, 5) is 37.9. The summed E-state index contributed by atoms with van der Waals surface area (Å²) in [6.07, 6.45) is 94.8. The van der Waals surface area contributed by atoms with Crippen molar-refractivity contribution in [2.45, 2.75) is 284 Å². The standard InChI is InChI=1S/C73H118O6/c1-4-7-10-13-15-17-19-21-23-25-27-29-31-33-35-36-38-39-41-43-45-47-49-51-53-55-57-60-63-66-72(75)78-69-70(68-77-71(74)65-62-59-12-9-6-3)79-73(76)67-64-61-58-56-54-52-50-48-46-44-42-40-37-34-32-30-28-26-24-22-20-18-16-14-11-8-5-2/h7-8,10-11,15-18,21-24,27-30,34,37,42,44,48,50,54,56,70H,4-6,9,12-14,19-20,25-26,31-33,35-36,38-41,43,45-47,49,51-53,55,57-69H2,1-3H3/b10-7-,11-8-,17-15-,18-16-,23-21-,24-22-,29-27-,30-28-,37-34-,44-42-,50-48-,56-54-. The van der Waals surface area contributed by atoms with E-state index in [9.17, 15) is 14.4 Å². The van der Waals surface area contributed by atoms with Gasteiger partial charge >= 0.3 is 17.9 Å². The van der Waals surface area contributed by atoms with Gasteiger partial charge in [0.05, 0.1) is 0 Å². The molecule has 0 bridgehead atoms. The van der Waals surface area contributed by atoms with Crippen molar-refractivity contribution in [2.24, 2.45) is 0 Å². The van der Waals surface area contributed by atoms with Crippen LogP contribution in [0.1, 0.15) is 278 Å². The van der Waals surface area contributed by atoms with Crippen LogP contribution in [-0.2, 0) is 28.6 Å². The number of rotatable bonds is 57. The van der Waals surface area contributed by atoms with E-state index >= 15 is 0 Å². The molecule has 0 saturated heterocycles. The Kier molecular flexibility index (Phi) is 61.9. The third-order valence-corrected chi connectivity index (χ3v) is 13.3. The predicted octanol–water partition coefficient (Wildman–Crippen LogP) is 22.3. The van der Waals surface area contributed by atoms with Crippen molar-refractivity contribution >= 4 is 17.9 Å². The molecule has 1 atom stereocenters. The molecule has 79 heavy (non-hydrogen) atoms. The molecule has 0 aliphatic rings. The molecule has 6 nitrogen and oxygen atoms in total. The molecule has 446 valence electrons. The van der Waals surface area contributed by atoms with Gasteiger partial charge in [-0.15, -0.1) is 0 Å². The first-order chi connectivity index (χ1) is 39.0. The highest BCUT2D eigenvalue weighted by atomic mass is 16.6. The largest absolute Gasteiger partial charge is 0.462 e. The first-order valence-corrected chi connectivity index (χ1v) is 32.3. The summed E-state index contributed by atoms with van der Waals surface area (Å²) in [7, 11) is 0. The lowest BCUT2D eigenvalue weighted by molar-refractivity contribution is -0.167. The summed E-state index contributed by atoms with van der Waals surface area (Å²) >= 11 is 0. The predicted molar refractivity (Wildman–Crippen MR) is 343 cm³/mol. The quantitative estimate of drug-likeness (QED) is 0.0261. The zero-order chi connectivity index (χ0) is 57.1. The molecule has 0 spiro atoms. The summed E-state index contributed by atoms with van der Waals surface area (Å²) in [5, 5.41) is 0. The smallest absolute Gasteiger partial charge is 0.306 e. The molecular weight excluding hydrogens is 973 g/mol. The van der Waals surface area contributed by atoms with Crippen LogP contribution >= 0.6 is 0 Å². The van der Waals surface area contributed by atoms with E-state index in [0.717, 1.165) is 141 Å². The summed E-state index contributed by atoms with van der Waals surface area (Å²) in [5.41, 5.74) is 0. The van der Waals surface area contributed by atoms with Gasteiger partial charge in [0.2, 0.25) is 0 Å². The fourth-order valence-electron chi connectivity index (χ4n) is 8.57. The minimum absolute atomic E-state index is 0.0987. The monoisotopic (exact) mass is 1090 g/mol. The van der Waals surface area contributed by atoms with E-state index in [1.165, 1.54) is 89.9 Å². The Labute approximate surface area is 487 Å². The van der Waals surface area contributed by atoms with Gasteiger partial charge in [-0.3, -0.25) is 14.4 Å². The molecule has 0 radical (unpaired) electrons. The Balaban J connectivity index is 4.13. The molecular formula is C73H118O6. The van der Waals surface area contributed by atoms with Gasteiger partial charge in [-0.05, 0) is 122 Å². The number of carbonyl (C=O) groups excluding carboxylic acids is 3. The molecule has 0 heterocycles. The first-order valence-electron chi connectivity index (χ1n) is 32.3. The zero-order valence-corrected chi connectivity index (χ0v) is 51.1. The maximum Gasteiger partial charge on any atom is 0.306 e. The van der Waals surface area contributed by atoms with Gasteiger partial charge in [0, 0.05) is 19.3 Å². The van der Waals surface area contributed by atoms with E-state index in [-0.39, 0.29) is 37.5 Å². The van der Waals surface area contributed by atoms with Crippen LogP contribution < -0.4 is 0 Å². The molecule has 0 saturated carbocycles. The van der Waals surface area contributed by atoms with Gasteiger partial charge in [-0.25, -0.2) is 0 Å². The van der Waals surface area contributed by atoms with E-state index in [1.54, 1.807) is 0 Å². The third-order valence-electron chi connectivity index (χ3n) is 13.3. The van der Waals surface area contributed by atoms with Gasteiger partial charge in [0.1, 0.15) is 13.2 Å². The van der Waals surface area contributed by atoms with Crippen LogP contribution in [0, 0.1) is 0 Å². The van der Waals surface area contributed by atoms with Gasteiger partial charge < -0.3 is 14.2 Å². The van der Waals surface area contributed by atoms with Crippen LogP contribution in [-0.4, -0.2) is 37.2 Å². The molecule has 0 amide bonds. The highest BCUT2D eigenvalue weighted by Crippen LogP contribution is 2.16. The minimum Gasteiger partial charge on any atom is -0.462 e. The number of carbonyl (C=O) groups is 3. The second-order valence-electron chi connectivity index (χ2n) is 20.9. The average Bonchev–Trinajstić information content (AvgIpc) is 3.45. The maximum absolute atomic E-state index is 12.8. The Morgan fingerprint density at radius 3 is 0.797 bits per heavy atom. The molecule has 0 rings (SSSR count). The fraction of sp³-hybridized carbons (Fsp3) is 0.630. The molecule has 0 aromatic heterocycles. The third kappa shape index (κ3) is 64.0. The van der Waals surface area contributed by atoms with E-state index in [1.807, 2.05) is 0 Å². The van der Waals surface area contributed by atoms with Crippen molar-refractivity contribution in [2.75, 3.05) is 13.2 Å². The van der Waals surface area contributed by atoms with Gasteiger partial charge in [0.25, 0.3) is 0 Å². The summed E-state index contributed by atoms with van der Waals surface area (Å²) in [5.74, 6) is -0.958. The number of hydrogen-bond acceptors (Lipinski definition) is 6. The van der Waals surface area contributed by atoms with Crippen LogP contribution in [0.5, 0.6) is 0 Å². The summed E-state index contributed by atoms with van der Waals surface area (Å²) in [6, 6.07) is 0. The van der Waals surface area contributed by atoms with E-state index in [2.05, 4.69) is 167 Å². The molecule has 0 aliphatic heterocycles.